The number of nitrogens with one attached hydrogen (secondary N) is 2. The molecule has 8 heteroatoms. The van der Waals surface area contributed by atoms with Gasteiger partial charge in [0.05, 0.1) is 25.4 Å². The molecule has 2 amide bonds. The summed E-state index contributed by atoms with van der Waals surface area (Å²) in [7, 11) is 1.62. The molecule has 8 nitrogen and oxygen atoms in total. The molecular weight excluding hydrogens is 444 g/mol. The summed E-state index contributed by atoms with van der Waals surface area (Å²) in [5.74, 6) is 1.42. The molecule has 188 valence electrons. The standard InChI is InChI=1S/C27H36N4O4/c1-17(2)35-13-12-28-26(32)19-8-11-25(29-16-19)31-21-9-10-22(31)15-20(14-21)30-27(33)23-6-5-7-24(34-4)18(23)3/h5-8,11,16-17,20-22H,9-10,12-15H2,1-4H3,(H,28,32)(H,30,33). The van der Waals surface area contributed by atoms with Crippen LogP contribution < -0.4 is 20.3 Å². The number of hydrogen-bond acceptors (Lipinski definition) is 6. The van der Waals surface area contributed by atoms with Gasteiger partial charge in [-0.3, -0.25) is 9.59 Å². The van der Waals surface area contributed by atoms with E-state index < -0.39 is 0 Å². The zero-order valence-electron chi connectivity index (χ0n) is 21.0. The molecule has 2 aliphatic heterocycles. The minimum absolute atomic E-state index is 0.0495. The normalized spacial score (nSPS) is 21.2. The number of pyridine rings is 1. The van der Waals surface area contributed by atoms with Crippen LogP contribution in [0.15, 0.2) is 36.5 Å². The summed E-state index contributed by atoms with van der Waals surface area (Å²) in [5, 5.41) is 6.12. The quantitative estimate of drug-likeness (QED) is 0.534. The molecule has 2 unspecified atom stereocenters. The van der Waals surface area contributed by atoms with E-state index in [9.17, 15) is 9.59 Å². The van der Waals surface area contributed by atoms with Gasteiger partial charge in [-0.25, -0.2) is 4.98 Å². The van der Waals surface area contributed by atoms with Gasteiger partial charge in [-0.2, -0.15) is 0 Å². The largest absolute Gasteiger partial charge is 0.496 e. The number of aromatic nitrogens is 1. The van der Waals surface area contributed by atoms with Crippen LogP contribution in [0.5, 0.6) is 5.75 Å². The number of benzene rings is 1. The number of hydrogen-bond donors (Lipinski definition) is 2. The fourth-order valence-corrected chi connectivity index (χ4v) is 5.25. The average Bonchev–Trinajstić information content (AvgIpc) is 3.11. The van der Waals surface area contributed by atoms with Gasteiger partial charge in [-0.1, -0.05) is 6.07 Å². The zero-order chi connectivity index (χ0) is 24.9. The first-order chi connectivity index (χ1) is 16.9. The van der Waals surface area contributed by atoms with Crippen molar-refractivity contribution >= 4 is 17.6 Å². The summed E-state index contributed by atoms with van der Waals surface area (Å²) in [4.78, 5) is 32.3. The highest BCUT2D eigenvalue weighted by molar-refractivity contribution is 5.96. The lowest BCUT2D eigenvalue weighted by Gasteiger charge is -2.40. The van der Waals surface area contributed by atoms with Crippen LogP contribution in [-0.2, 0) is 4.74 Å². The van der Waals surface area contributed by atoms with Crippen molar-refractivity contribution in [3.63, 3.8) is 0 Å². The number of anilines is 1. The molecule has 2 saturated heterocycles. The van der Waals surface area contributed by atoms with Gasteiger partial charge in [-0.05, 0) is 70.7 Å². The highest BCUT2D eigenvalue weighted by atomic mass is 16.5. The second-order valence-corrected chi connectivity index (χ2v) is 9.65. The Balaban J connectivity index is 1.34. The lowest BCUT2D eigenvalue weighted by molar-refractivity contribution is 0.0746. The van der Waals surface area contributed by atoms with Crippen molar-refractivity contribution in [3.8, 4) is 5.75 Å². The molecule has 35 heavy (non-hydrogen) atoms. The molecule has 0 aliphatic carbocycles. The second kappa shape index (κ2) is 11.1. The molecule has 2 bridgehead atoms. The van der Waals surface area contributed by atoms with E-state index >= 15 is 0 Å². The third-order valence-electron chi connectivity index (χ3n) is 6.93. The Bertz CT molecular complexity index is 1030. The van der Waals surface area contributed by atoms with E-state index in [1.807, 2.05) is 51.1 Å². The maximum Gasteiger partial charge on any atom is 0.252 e. The van der Waals surface area contributed by atoms with Gasteiger partial charge < -0.3 is 25.0 Å². The third kappa shape index (κ3) is 5.75. The summed E-state index contributed by atoms with van der Waals surface area (Å²) in [6, 6.07) is 10.1. The first-order valence-electron chi connectivity index (χ1n) is 12.5. The van der Waals surface area contributed by atoms with Crippen LogP contribution >= 0.6 is 0 Å². The number of fused-ring (bicyclic) bond motifs is 2. The predicted octanol–water partition coefficient (Wildman–Crippen LogP) is 3.48. The van der Waals surface area contributed by atoms with Gasteiger partial charge >= 0.3 is 0 Å². The van der Waals surface area contributed by atoms with Crippen molar-refractivity contribution in [1.29, 1.82) is 0 Å². The number of ether oxygens (including phenoxy) is 2. The molecule has 2 aromatic rings. The maximum absolute atomic E-state index is 13.0. The number of amides is 2. The molecule has 3 heterocycles. The van der Waals surface area contributed by atoms with Crippen molar-refractivity contribution in [3.05, 3.63) is 53.2 Å². The molecule has 2 atom stereocenters. The van der Waals surface area contributed by atoms with Gasteiger partial charge in [0.1, 0.15) is 11.6 Å². The number of rotatable bonds is 9. The molecule has 4 rings (SSSR count). The fraction of sp³-hybridized carbons (Fsp3) is 0.519. The maximum atomic E-state index is 13.0. The van der Waals surface area contributed by atoms with E-state index in [0.29, 0.717) is 36.4 Å². The second-order valence-electron chi connectivity index (χ2n) is 9.65. The van der Waals surface area contributed by atoms with Crippen molar-refractivity contribution in [2.24, 2.45) is 0 Å². The third-order valence-corrected chi connectivity index (χ3v) is 6.93. The zero-order valence-corrected chi connectivity index (χ0v) is 21.0. The van der Waals surface area contributed by atoms with E-state index in [1.54, 1.807) is 13.3 Å². The summed E-state index contributed by atoms with van der Waals surface area (Å²) in [6.45, 7) is 6.81. The van der Waals surface area contributed by atoms with Crippen molar-refractivity contribution in [2.45, 2.75) is 70.7 Å². The van der Waals surface area contributed by atoms with Crippen molar-refractivity contribution in [1.82, 2.24) is 15.6 Å². The van der Waals surface area contributed by atoms with E-state index in [-0.39, 0.29) is 24.0 Å². The Morgan fingerprint density at radius 3 is 2.49 bits per heavy atom. The van der Waals surface area contributed by atoms with E-state index in [1.165, 1.54) is 0 Å². The molecule has 2 aliphatic rings. The topological polar surface area (TPSA) is 92.8 Å². The number of nitrogens with zero attached hydrogens (tertiary/aromatic N) is 2. The first kappa shape index (κ1) is 25.0. The SMILES string of the molecule is COc1cccc(C(=O)NC2CC3CCC(C2)N3c2ccc(C(=O)NCCOC(C)C)cn2)c1C. The Kier molecular flexibility index (Phi) is 7.90. The minimum Gasteiger partial charge on any atom is -0.496 e. The molecule has 0 radical (unpaired) electrons. The molecular formula is C27H36N4O4. The summed E-state index contributed by atoms with van der Waals surface area (Å²) >= 11 is 0. The summed E-state index contributed by atoms with van der Waals surface area (Å²) in [5.41, 5.74) is 2.06. The van der Waals surface area contributed by atoms with Gasteiger partial charge in [0.2, 0.25) is 0 Å². The average molecular weight is 481 g/mol. The fourth-order valence-electron chi connectivity index (χ4n) is 5.25. The van der Waals surface area contributed by atoms with Crippen molar-refractivity contribution in [2.75, 3.05) is 25.2 Å². The number of carbonyl (C=O) groups is 2. The van der Waals surface area contributed by atoms with Crippen LogP contribution in [0.25, 0.3) is 0 Å². The van der Waals surface area contributed by atoms with Crippen LogP contribution in [0.4, 0.5) is 5.82 Å². The van der Waals surface area contributed by atoms with Crippen LogP contribution in [0.2, 0.25) is 0 Å². The number of piperidine rings is 1. The number of methoxy groups -OCH3 is 1. The smallest absolute Gasteiger partial charge is 0.252 e. The van der Waals surface area contributed by atoms with Gasteiger partial charge in [0.15, 0.2) is 0 Å². The van der Waals surface area contributed by atoms with Gasteiger partial charge in [0.25, 0.3) is 11.8 Å². The van der Waals surface area contributed by atoms with Crippen LogP contribution in [0, 0.1) is 6.92 Å². The Morgan fingerprint density at radius 2 is 1.86 bits per heavy atom. The number of carbonyl (C=O) groups excluding carboxylic acids is 2. The predicted molar refractivity (Wildman–Crippen MR) is 135 cm³/mol. The lowest BCUT2D eigenvalue weighted by Crippen LogP contribution is -2.50. The van der Waals surface area contributed by atoms with Gasteiger partial charge in [-0.15, -0.1) is 0 Å². The highest BCUT2D eigenvalue weighted by Gasteiger charge is 2.41. The van der Waals surface area contributed by atoms with E-state index in [2.05, 4.69) is 20.5 Å². The molecule has 1 aromatic carbocycles. The Hall–Kier alpha value is -3.13. The van der Waals surface area contributed by atoms with Crippen LogP contribution in [0.3, 0.4) is 0 Å². The Labute approximate surface area is 207 Å². The molecule has 0 saturated carbocycles. The van der Waals surface area contributed by atoms with Crippen molar-refractivity contribution < 1.29 is 19.1 Å². The molecule has 0 spiro atoms. The molecule has 1 aromatic heterocycles. The lowest BCUT2D eigenvalue weighted by atomic mass is 9.96. The van der Waals surface area contributed by atoms with E-state index in [0.717, 1.165) is 42.8 Å². The summed E-state index contributed by atoms with van der Waals surface area (Å²) in [6.07, 6.45) is 5.71. The van der Waals surface area contributed by atoms with E-state index in [4.69, 9.17) is 9.47 Å². The molecule has 2 fully saturated rings. The summed E-state index contributed by atoms with van der Waals surface area (Å²) < 4.78 is 10.8. The minimum atomic E-state index is -0.145. The highest BCUT2D eigenvalue weighted by Crippen LogP contribution is 2.38. The Morgan fingerprint density at radius 1 is 1.11 bits per heavy atom. The molecule has 2 N–H and O–H groups in total. The monoisotopic (exact) mass is 480 g/mol. The van der Waals surface area contributed by atoms with Crippen LogP contribution in [-0.4, -0.2) is 61.3 Å². The van der Waals surface area contributed by atoms with Gasteiger partial charge in [0, 0.05) is 42.0 Å². The first-order valence-corrected chi connectivity index (χ1v) is 12.5. The van der Waals surface area contributed by atoms with Crippen LogP contribution in [0.1, 0.15) is 65.8 Å².